The number of hydrogen-bond donors (Lipinski definition) is 0. The zero-order chi connectivity index (χ0) is 11.7. The fraction of sp³-hybridized carbons (Fsp3) is 0.182. The highest BCUT2D eigenvalue weighted by atomic mass is 79.9. The van der Waals surface area contributed by atoms with Crippen LogP contribution in [0.1, 0.15) is 0 Å². The quantitative estimate of drug-likeness (QED) is 0.829. The molecule has 5 heteroatoms. The number of methoxy groups -OCH3 is 2. The van der Waals surface area contributed by atoms with Crippen LogP contribution in [-0.4, -0.2) is 19.2 Å². The Balaban J connectivity index is 2.93. The fourth-order valence-corrected chi connectivity index (χ4v) is 2.91. The summed E-state index contributed by atoms with van der Waals surface area (Å²) in [6, 6.07) is 1.92. The predicted molar refractivity (Wildman–Crippen MR) is 70.2 cm³/mol. The lowest BCUT2D eigenvalue weighted by Gasteiger charge is -2.14. The maximum absolute atomic E-state index is 5.33. The minimum Gasteiger partial charge on any atom is -0.492 e. The molecule has 16 heavy (non-hydrogen) atoms. The first-order chi connectivity index (χ1) is 7.70. The van der Waals surface area contributed by atoms with Gasteiger partial charge in [-0.15, -0.1) is 0 Å². The molecule has 0 spiro atoms. The second-order valence-electron chi connectivity index (χ2n) is 3.12. The van der Waals surface area contributed by atoms with E-state index in [9.17, 15) is 0 Å². The largest absolute Gasteiger partial charge is 0.492 e. The molecule has 0 fully saturated rings. The van der Waals surface area contributed by atoms with Gasteiger partial charge in [-0.25, -0.2) is 0 Å². The molecule has 1 aromatic carbocycles. The Labute approximate surface area is 110 Å². The van der Waals surface area contributed by atoms with Crippen molar-refractivity contribution in [3.63, 3.8) is 0 Å². The average molecular weight is 347 g/mol. The van der Waals surface area contributed by atoms with E-state index in [2.05, 4.69) is 36.8 Å². The van der Waals surface area contributed by atoms with Gasteiger partial charge >= 0.3 is 0 Å². The van der Waals surface area contributed by atoms with E-state index in [4.69, 9.17) is 9.47 Å². The molecular weight excluding hydrogens is 338 g/mol. The van der Waals surface area contributed by atoms with Crippen LogP contribution in [0.5, 0.6) is 11.5 Å². The zero-order valence-electron chi connectivity index (χ0n) is 8.75. The molecule has 0 bridgehead atoms. The molecule has 1 aromatic heterocycles. The van der Waals surface area contributed by atoms with Crippen LogP contribution in [0.25, 0.3) is 10.8 Å². The lowest BCUT2D eigenvalue weighted by molar-refractivity contribution is 0.352. The maximum atomic E-state index is 5.33. The van der Waals surface area contributed by atoms with Gasteiger partial charge in [-0.05, 0) is 37.9 Å². The summed E-state index contributed by atoms with van der Waals surface area (Å²) in [7, 11) is 3.22. The van der Waals surface area contributed by atoms with Crippen molar-refractivity contribution in [2.75, 3.05) is 14.2 Å². The molecule has 0 atom stereocenters. The van der Waals surface area contributed by atoms with Gasteiger partial charge in [0.1, 0.15) is 0 Å². The van der Waals surface area contributed by atoms with Crippen molar-refractivity contribution in [3.8, 4) is 11.5 Å². The molecule has 0 saturated carbocycles. The summed E-state index contributed by atoms with van der Waals surface area (Å²) in [5.41, 5.74) is 0. The second-order valence-corrected chi connectivity index (χ2v) is 4.70. The molecule has 2 rings (SSSR count). The molecular formula is C11H9Br2NO2. The highest BCUT2D eigenvalue weighted by Crippen LogP contribution is 2.46. The van der Waals surface area contributed by atoms with E-state index in [1.165, 1.54) is 0 Å². The van der Waals surface area contributed by atoms with Crippen LogP contribution in [-0.2, 0) is 0 Å². The molecule has 3 nitrogen and oxygen atoms in total. The topological polar surface area (TPSA) is 31.4 Å². The first-order valence-corrected chi connectivity index (χ1v) is 6.12. The minimum atomic E-state index is 0.662. The first-order valence-electron chi connectivity index (χ1n) is 4.53. The van der Waals surface area contributed by atoms with E-state index in [0.29, 0.717) is 11.5 Å². The van der Waals surface area contributed by atoms with Gasteiger partial charge in [0.15, 0.2) is 11.5 Å². The fourth-order valence-electron chi connectivity index (χ4n) is 1.57. The predicted octanol–water partition coefficient (Wildman–Crippen LogP) is 3.78. The highest BCUT2D eigenvalue weighted by Gasteiger charge is 2.17. The maximum Gasteiger partial charge on any atom is 0.176 e. The molecule has 0 amide bonds. The van der Waals surface area contributed by atoms with Gasteiger partial charge in [-0.1, -0.05) is 0 Å². The van der Waals surface area contributed by atoms with Crippen molar-refractivity contribution in [3.05, 3.63) is 27.4 Å². The number of pyridine rings is 1. The lowest BCUT2D eigenvalue weighted by Crippen LogP contribution is -1.94. The van der Waals surface area contributed by atoms with E-state index in [1.807, 2.05) is 6.07 Å². The van der Waals surface area contributed by atoms with Crippen LogP contribution in [0.3, 0.4) is 0 Å². The van der Waals surface area contributed by atoms with Crippen LogP contribution >= 0.6 is 31.9 Å². The van der Waals surface area contributed by atoms with Crippen LogP contribution < -0.4 is 9.47 Å². The number of ether oxygens (including phenoxy) is 2. The lowest BCUT2D eigenvalue weighted by atomic mass is 10.1. The number of nitrogens with zero attached hydrogens (tertiary/aromatic N) is 1. The van der Waals surface area contributed by atoms with E-state index in [0.717, 1.165) is 19.7 Å². The Morgan fingerprint density at radius 1 is 1.00 bits per heavy atom. The molecule has 0 radical (unpaired) electrons. The second kappa shape index (κ2) is 4.59. The van der Waals surface area contributed by atoms with E-state index >= 15 is 0 Å². The molecule has 0 aliphatic heterocycles. The van der Waals surface area contributed by atoms with Gasteiger partial charge in [-0.2, -0.15) is 0 Å². The zero-order valence-corrected chi connectivity index (χ0v) is 11.9. The Morgan fingerprint density at radius 3 is 2.12 bits per heavy atom. The summed E-state index contributed by atoms with van der Waals surface area (Å²) in [6.07, 6.45) is 3.53. The normalized spacial score (nSPS) is 10.5. The van der Waals surface area contributed by atoms with Crippen LogP contribution in [0.4, 0.5) is 0 Å². The van der Waals surface area contributed by atoms with Crippen molar-refractivity contribution in [2.45, 2.75) is 0 Å². The summed E-state index contributed by atoms with van der Waals surface area (Å²) in [6.45, 7) is 0. The minimum absolute atomic E-state index is 0.662. The highest BCUT2D eigenvalue weighted by molar-refractivity contribution is 9.11. The van der Waals surface area contributed by atoms with Gasteiger partial charge in [0, 0.05) is 23.2 Å². The summed E-state index contributed by atoms with van der Waals surface area (Å²) in [5, 5.41) is 2.01. The van der Waals surface area contributed by atoms with E-state index in [1.54, 1.807) is 26.6 Å². The van der Waals surface area contributed by atoms with Gasteiger partial charge in [-0.3, -0.25) is 4.98 Å². The molecule has 0 aliphatic carbocycles. The first kappa shape index (κ1) is 11.7. The summed E-state index contributed by atoms with van der Waals surface area (Å²) in [4.78, 5) is 4.10. The number of hydrogen-bond acceptors (Lipinski definition) is 3. The van der Waals surface area contributed by atoms with Gasteiger partial charge < -0.3 is 9.47 Å². The molecule has 0 saturated heterocycles. The molecule has 0 aliphatic rings. The van der Waals surface area contributed by atoms with Crippen molar-refractivity contribution in [2.24, 2.45) is 0 Å². The van der Waals surface area contributed by atoms with E-state index in [-0.39, 0.29) is 0 Å². The van der Waals surface area contributed by atoms with E-state index < -0.39 is 0 Å². The third-order valence-corrected chi connectivity index (χ3v) is 3.88. The molecule has 2 aromatic rings. The Morgan fingerprint density at radius 2 is 1.56 bits per heavy atom. The number of fused-ring (bicyclic) bond motifs is 1. The SMILES string of the molecule is COc1c(OC)c(Br)c2cnccc2c1Br. The van der Waals surface area contributed by atoms with Crippen molar-refractivity contribution < 1.29 is 9.47 Å². The molecule has 0 N–H and O–H groups in total. The standard InChI is InChI=1S/C11H9Br2NO2/c1-15-10-8(12)6-3-4-14-5-7(6)9(13)11(10)16-2/h3-5H,1-2H3. The van der Waals surface area contributed by atoms with Crippen molar-refractivity contribution in [1.29, 1.82) is 0 Å². The third kappa shape index (κ3) is 1.68. The van der Waals surface area contributed by atoms with Crippen LogP contribution in [0.2, 0.25) is 0 Å². The number of aromatic nitrogens is 1. The van der Waals surface area contributed by atoms with Crippen LogP contribution in [0.15, 0.2) is 27.4 Å². The average Bonchev–Trinajstić information content (AvgIpc) is 2.33. The van der Waals surface area contributed by atoms with Gasteiger partial charge in [0.2, 0.25) is 0 Å². The molecule has 1 heterocycles. The third-order valence-electron chi connectivity index (χ3n) is 2.31. The van der Waals surface area contributed by atoms with Crippen molar-refractivity contribution >= 4 is 42.6 Å². The molecule has 84 valence electrons. The smallest absolute Gasteiger partial charge is 0.176 e. The van der Waals surface area contributed by atoms with Gasteiger partial charge in [0.05, 0.1) is 23.2 Å². The Hall–Kier alpha value is -0.810. The number of benzene rings is 1. The Bertz CT molecular complexity index is 494. The molecule has 0 unspecified atom stereocenters. The Kier molecular flexibility index (Phi) is 3.35. The van der Waals surface area contributed by atoms with Crippen molar-refractivity contribution in [1.82, 2.24) is 4.98 Å². The monoisotopic (exact) mass is 345 g/mol. The van der Waals surface area contributed by atoms with Gasteiger partial charge in [0.25, 0.3) is 0 Å². The summed E-state index contributed by atoms with van der Waals surface area (Å²) >= 11 is 7.02. The number of halogens is 2. The summed E-state index contributed by atoms with van der Waals surface area (Å²) in [5.74, 6) is 1.34. The van der Waals surface area contributed by atoms with Crippen LogP contribution in [0, 0.1) is 0 Å². The summed E-state index contributed by atoms with van der Waals surface area (Å²) < 4.78 is 12.4. The number of rotatable bonds is 2.